The third-order valence-corrected chi connectivity index (χ3v) is 4.80. The molecule has 3 aromatic rings. The van der Waals surface area contributed by atoms with Gasteiger partial charge in [0.25, 0.3) is 5.91 Å². The first-order valence-electron chi connectivity index (χ1n) is 8.56. The van der Waals surface area contributed by atoms with E-state index in [2.05, 4.69) is 5.32 Å². The molecule has 3 rings (SSSR count). The molecule has 0 saturated carbocycles. The number of carbonyl (C=O) groups is 2. The zero-order valence-corrected chi connectivity index (χ0v) is 16.3. The van der Waals surface area contributed by atoms with Gasteiger partial charge in [-0.3, -0.25) is 4.79 Å². The first-order chi connectivity index (χ1) is 13.5. The summed E-state index contributed by atoms with van der Waals surface area (Å²) in [5.41, 5.74) is 2.08. The second-order valence-electron chi connectivity index (χ2n) is 6.03. The van der Waals surface area contributed by atoms with E-state index >= 15 is 0 Å². The smallest absolute Gasteiger partial charge is 0.338 e. The Morgan fingerprint density at radius 1 is 0.821 bits per heavy atom. The van der Waals surface area contributed by atoms with Crippen LogP contribution in [0.15, 0.2) is 78.9 Å². The van der Waals surface area contributed by atoms with Crippen LogP contribution in [0, 0.1) is 0 Å². The van der Waals surface area contributed by atoms with E-state index < -0.39 is 18.5 Å². The van der Waals surface area contributed by atoms with E-state index in [1.54, 1.807) is 0 Å². The van der Waals surface area contributed by atoms with Gasteiger partial charge in [0.05, 0.1) is 21.7 Å². The van der Waals surface area contributed by atoms with Gasteiger partial charge in [0, 0.05) is 0 Å². The van der Waals surface area contributed by atoms with Gasteiger partial charge in [-0.25, -0.2) is 4.79 Å². The molecule has 1 N–H and O–H groups in total. The molecule has 0 atom stereocenters. The van der Waals surface area contributed by atoms with Crippen LogP contribution < -0.4 is 5.32 Å². The number of nitrogens with one attached hydrogen (secondary N) is 1. The van der Waals surface area contributed by atoms with Gasteiger partial charge in [0.2, 0.25) is 0 Å². The summed E-state index contributed by atoms with van der Waals surface area (Å²) in [6, 6.07) is 23.2. The van der Waals surface area contributed by atoms with Crippen LogP contribution >= 0.6 is 23.2 Å². The number of ether oxygens (including phenoxy) is 1. The van der Waals surface area contributed by atoms with E-state index in [9.17, 15) is 9.59 Å². The number of benzene rings is 3. The summed E-state index contributed by atoms with van der Waals surface area (Å²) >= 11 is 11.7. The van der Waals surface area contributed by atoms with Crippen molar-refractivity contribution in [1.82, 2.24) is 5.32 Å². The van der Waals surface area contributed by atoms with Crippen molar-refractivity contribution in [3.8, 4) is 0 Å². The fraction of sp³-hybridized carbons (Fsp3) is 0.0909. The number of hydrogen-bond acceptors (Lipinski definition) is 3. The minimum atomic E-state index is -0.648. The molecule has 6 heteroatoms. The maximum absolute atomic E-state index is 12.4. The predicted octanol–water partition coefficient (Wildman–Crippen LogP) is 5.06. The molecule has 142 valence electrons. The molecule has 3 aromatic carbocycles. The Morgan fingerprint density at radius 3 is 1.93 bits per heavy atom. The second kappa shape index (κ2) is 9.40. The largest absolute Gasteiger partial charge is 0.452 e. The van der Waals surface area contributed by atoms with Crippen LogP contribution in [0.3, 0.4) is 0 Å². The lowest BCUT2D eigenvalue weighted by atomic mass is 9.99. The van der Waals surface area contributed by atoms with Gasteiger partial charge < -0.3 is 10.1 Å². The molecule has 0 spiro atoms. The van der Waals surface area contributed by atoms with E-state index in [4.69, 9.17) is 27.9 Å². The van der Waals surface area contributed by atoms with Crippen molar-refractivity contribution < 1.29 is 14.3 Å². The average Bonchev–Trinajstić information content (AvgIpc) is 2.73. The molecule has 0 aliphatic heterocycles. The third-order valence-electron chi connectivity index (χ3n) is 4.06. The Balaban J connectivity index is 1.67. The lowest BCUT2D eigenvalue weighted by Crippen LogP contribution is -2.33. The van der Waals surface area contributed by atoms with Crippen LogP contribution in [0.5, 0.6) is 0 Å². The average molecular weight is 414 g/mol. The summed E-state index contributed by atoms with van der Waals surface area (Å²) in [4.78, 5) is 24.6. The first-order valence-corrected chi connectivity index (χ1v) is 9.31. The molecular formula is C22H17Cl2NO3. The second-order valence-corrected chi connectivity index (χ2v) is 6.84. The van der Waals surface area contributed by atoms with Crippen LogP contribution in [0.1, 0.15) is 27.5 Å². The molecule has 0 saturated heterocycles. The van der Waals surface area contributed by atoms with Gasteiger partial charge >= 0.3 is 5.97 Å². The van der Waals surface area contributed by atoms with Gasteiger partial charge in [-0.1, -0.05) is 83.9 Å². The quantitative estimate of drug-likeness (QED) is 0.574. The summed E-state index contributed by atoms with van der Waals surface area (Å²) in [6.07, 6.45) is 0. The van der Waals surface area contributed by atoms with Crippen molar-refractivity contribution in [2.75, 3.05) is 6.61 Å². The zero-order chi connectivity index (χ0) is 19.9. The van der Waals surface area contributed by atoms with Gasteiger partial charge in [-0.15, -0.1) is 0 Å². The number of carbonyl (C=O) groups excluding carboxylic acids is 2. The topological polar surface area (TPSA) is 55.4 Å². The van der Waals surface area contributed by atoms with Gasteiger partial charge in [0.15, 0.2) is 6.61 Å². The minimum Gasteiger partial charge on any atom is -0.452 e. The monoisotopic (exact) mass is 413 g/mol. The fourth-order valence-electron chi connectivity index (χ4n) is 2.69. The zero-order valence-electron chi connectivity index (χ0n) is 14.8. The molecule has 1 amide bonds. The SMILES string of the molecule is O=C(COC(=O)c1ccc(Cl)c(Cl)c1)NC(c1ccccc1)c1ccccc1. The molecule has 4 nitrogen and oxygen atoms in total. The highest BCUT2D eigenvalue weighted by molar-refractivity contribution is 6.42. The van der Waals surface area contributed by atoms with Crippen molar-refractivity contribution in [3.05, 3.63) is 106 Å². The Morgan fingerprint density at radius 2 is 1.39 bits per heavy atom. The van der Waals surface area contributed by atoms with E-state index in [1.165, 1.54) is 18.2 Å². The lowest BCUT2D eigenvalue weighted by molar-refractivity contribution is -0.124. The molecule has 0 bridgehead atoms. The summed E-state index contributed by atoms with van der Waals surface area (Å²) in [7, 11) is 0. The summed E-state index contributed by atoms with van der Waals surface area (Å²) < 4.78 is 5.10. The van der Waals surface area contributed by atoms with Crippen LogP contribution in [0.4, 0.5) is 0 Å². The van der Waals surface area contributed by atoms with E-state index in [0.29, 0.717) is 5.02 Å². The number of rotatable bonds is 6. The van der Waals surface area contributed by atoms with E-state index in [0.717, 1.165) is 11.1 Å². The Hall–Kier alpha value is -2.82. The van der Waals surface area contributed by atoms with Crippen LogP contribution in [-0.2, 0) is 9.53 Å². The number of amides is 1. The standard InChI is InChI=1S/C22H17Cl2NO3/c23-18-12-11-17(13-19(18)24)22(27)28-14-20(26)25-21(15-7-3-1-4-8-15)16-9-5-2-6-10-16/h1-13,21H,14H2,(H,25,26). The molecule has 0 unspecified atom stereocenters. The number of hydrogen-bond donors (Lipinski definition) is 1. The number of halogens is 2. The van der Waals surface area contributed by atoms with Gasteiger partial charge in [-0.05, 0) is 29.3 Å². The van der Waals surface area contributed by atoms with E-state index in [1.807, 2.05) is 60.7 Å². The van der Waals surface area contributed by atoms with Crippen molar-refractivity contribution in [2.45, 2.75) is 6.04 Å². The summed E-state index contributed by atoms with van der Waals surface area (Å²) in [5, 5.41) is 3.50. The predicted molar refractivity (Wildman–Crippen MR) is 110 cm³/mol. The summed E-state index contributed by atoms with van der Waals surface area (Å²) in [5.74, 6) is -1.06. The molecule has 0 fully saturated rings. The minimum absolute atomic E-state index is 0.227. The molecule has 0 radical (unpaired) electrons. The van der Waals surface area contributed by atoms with Crippen molar-refractivity contribution in [2.24, 2.45) is 0 Å². The van der Waals surface area contributed by atoms with Crippen molar-refractivity contribution >= 4 is 35.1 Å². The highest BCUT2D eigenvalue weighted by atomic mass is 35.5. The van der Waals surface area contributed by atoms with Gasteiger partial charge in [0.1, 0.15) is 0 Å². The first kappa shape index (κ1) is 19.9. The van der Waals surface area contributed by atoms with Crippen molar-refractivity contribution in [3.63, 3.8) is 0 Å². The normalized spacial score (nSPS) is 10.5. The van der Waals surface area contributed by atoms with Crippen LogP contribution in [0.25, 0.3) is 0 Å². The summed E-state index contributed by atoms with van der Waals surface area (Å²) in [6.45, 7) is -0.407. The highest BCUT2D eigenvalue weighted by Crippen LogP contribution is 2.23. The van der Waals surface area contributed by atoms with Crippen molar-refractivity contribution in [1.29, 1.82) is 0 Å². The van der Waals surface area contributed by atoms with Crippen LogP contribution in [-0.4, -0.2) is 18.5 Å². The maximum Gasteiger partial charge on any atom is 0.338 e. The Labute approximate surface area is 173 Å². The van der Waals surface area contributed by atoms with Crippen LogP contribution in [0.2, 0.25) is 10.0 Å². The Kier molecular flexibility index (Phi) is 6.69. The molecule has 28 heavy (non-hydrogen) atoms. The molecular weight excluding hydrogens is 397 g/mol. The molecule has 0 aliphatic carbocycles. The molecule has 0 heterocycles. The lowest BCUT2D eigenvalue weighted by Gasteiger charge is -2.20. The molecule has 0 aromatic heterocycles. The number of esters is 1. The fourth-order valence-corrected chi connectivity index (χ4v) is 2.99. The third kappa shape index (κ3) is 5.12. The maximum atomic E-state index is 12.4. The molecule has 0 aliphatic rings. The Bertz CT molecular complexity index is 923. The van der Waals surface area contributed by atoms with E-state index in [-0.39, 0.29) is 16.6 Å². The van der Waals surface area contributed by atoms with Gasteiger partial charge in [-0.2, -0.15) is 0 Å². The highest BCUT2D eigenvalue weighted by Gasteiger charge is 2.18.